The fourth-order valence-corrected chi connectivity index (χ4v) is 3.64. The number of carbonyl (C=O) groups excluding carboxylic acids is 3. The van der Waals surface area contributed by atoms with Crippen LogP contribution in [0, 0.1) is 0 Å². The molecule has 0 unspecified atom stereocenters. The van der Waals surface area contributed by atoms with Crippen molar-refractivity contribution < 1.29 is 32.3 Å². The average Bonchev–Trinajstić information content (AvgIpc) is 2.78. The van der Waals surface area contributed by atoms with Crippen LogP contribution in [0.2, 0.25) is 0 Å². The molecule has 2 N–H and O–H groups in total. The van der Waals surface area contributed by atoms with Crippen LogP contribution < -0.4 is 10.0 Å². The Bertz CT molecular complexity index is 1050. The van der Waals surface area contributed by atoms with E-state index in [1.54, 1.807) is 6.92 Å². The molecule has 0 spiro atoms. The maximum atomic E-state index is 12.2. The fourth-order valence-electron chi connectivity index (χ4n) is 2.56. The predicted octanol–water partition coefficient (Wildman–Crippen LogP) is 2.74. The van der Waals surface area contributed by atoms with Crippen molar-refractivity contribution in [2.45, 2.75) is 31.6 Å². The first-order chi connectivity index (χ1) is 15.3. The van der Waals surface area contributed by atoms with E-state index in [0.717, 1.165) is 12.8 Å². The second-order valence-electron chi connectivity index (χ2n) is 6.72. The van der Waals surface area contributed by atoms with E-state index in [1.807, 2.05) is 6.92 Å². The van der Waals surface area contributed by atoms with Crippen molar-refractivity contribution in [2.24, 2.45) is 0 Å². The number of benzene rings is 2. The summed E-state index contributed by atoms with van der Waals surface area (Å²) in [5, 5.41) is 2.55. The Labute approximate surface area is 187 Å². The Morgan fingerprint density at radius 3 is 2.25 bits per heavy atom. The zero-order valence-corrected chi connectivity index (χ0v) is 18.7. The van der Waals surface area contributed by atoms with Crippen molar-refractivity contribution in [2.75, 3.05) is 25.1 Å². The number of anilines is 1. The monoisotopic (exact) mass is 462 g/mol. The summed E-state index contributed by atoms with van der Waals surface area (Å²) in [6.45, 7) is 3.63. The Balaban J connectivity index is 1.89. The lowest BCUT2D eigenvalue weighted by molar-refractivity contribution is -0.119. The molecule has 2 rings (SSSR count). The number of amides is 1. The number of unbranched alkanes of at least 4 members (excludes halogenated alkanes) is 1. The first kappa shape index (κ1) is 25.0. The molecule has 0 radical (unpaired) electrons. The Morgan fingerprint density at radius 2 is 1.59 bits per heavy atom. The van der Waals surface area contributed by atoms with Gasteiger partial charge >= 0.3 is 11.9 Å². The van der Waals surface area contributed by atoms with Gasteiger partial charge in [0.2, 0.25) is 10.0 Å². The lowest BCUT2D eigenvalue weighted by Crippen LogP contribution is -2.24. The Kier molecular flexibility index (Phi) is 9.36. The summed E-state index contributed by atoms with van der Waals surface area (Å²) in [5.41, 5.74) is 0.774. The van der Waals surface area contributed by atoms with Crippen molar-refractivity contribution in [3.05, 3.63) is 59.7 Å². The minimum Gasteiger partial charge on any atom is -0.462 e. The molecule has 0 aliphatic heterocycles. The number of nitrogens with one attached hydrogen (secondary N) is 2. The van der Waals surface area contributed by atoms with E-state index in [-0.39, 0.29) is 17.0 Å². The van der Waals surface area contributed by atoms with E-state index < -0.39 is 34.5 Å². The highest BCUT2D eigenvalue weighted by molar-refractivity contribution is 7.89. The Morgan fingerprint density at radius 1 is 0.906 bits per heavy atom. The summed E-state index contributed by atoms with van der Waals surface area (Å²) >= 11 is 0. The summed E-state index contributed by atoms with van der Waals surface area (Å²) in [6, 6.07) is 11.4. The zero-order valence-electron chi connectivity index (χ0n) is 17.9. The topological polar surface area (TPSA) is 128 Å². The van der Waals surface area contributed by atoms with Gasteiger partial charge in [-0.25, -0.2) is 22.7 Å². The molecule has 172 valence electrons. The van der Waals surface area contributed by atoms with E-state index in [4.69, 9.17) is 9.47 Å². The number of hydrogen-bond acceptors (Lipinski definition) is 7. The van der Waals surface area contributed by atoms with Gasteiger partial charge in [0.25, 0.3) is 5.91 Å². The van der Waals surface area contributed by atoms with Gasteiger partial charge in [0.05, 0.1) is 22.6 Å². The van der Waals surface area contributed by atoms with E-state index in [9.17, 15) is 22.8 Å². The minimum absolute atomic E-state index is 0.00252. The van der Waals surface area contributed by atoms with Crippen molar-refractivity contribution in [1.82, 2.24) is 4.72 Å². The maximum Gasteiger partial charge on any atom is 0.338 e. The highest BCUT2D eigenvalue weighted by Crippen LogP contribution is 2.13. The van der Waals surface area contributed by atoms with Gasteiger partial charge in [0.1, 0.15) is 0 Å². The van der Waals surface area contributed by atoms with Crippen molar-refractivity contribution in [3.63, 3.8) is 0 Å². The number of sulfonamides is 1. The quantitative estimate of drug-likeness (QED) is 0.388. The molecule has 0 aliphatic rings. The van der Waals surface area contributed by atoms with Crippen molar-refractivity contribution in [1.29, 1.82) is 0 Å². The maximum absolute atomic E-state index is 12.2. The third-order valence-electron chi connectivity index (χ3n) is 4.18. The lowest BCUT2D eigenvalue weighted by atomic mass is 10.2. The van der Waals surface area contributed by atoms with Crippen LogP contribution in [0.4, 0.5) is 5.69 Å². The predicted molar refractivity (Wildman–Crippen MR) is 118 cm³/mol. The molecule has 2 aromatic carbocycles. The van der Waals surface area contributed by atoms with E-state index >= 15 is 0 Å². The van der Waals surface area contributed by atoms with Gasteiger partial charge in [-0.05, 0) is 48.9 Å². The van der Waals surface area contributed by atoms with Crippen molar-refractivity contribution >= 4 is 33.6 Å². The van der Waals surface area contributed by atoms with Crippen LogP contribution in [0.25, 0.3) is 0 Å². The number of ether oxygens (including phenoxy) is 2. The molecular weight excluding hydrogens is 436 g/mol. The number of rotatable bonds is 11. The molecule has 0 fully saturated rings. The van der Waals surface area contributed by atoms with Gasteiger partial charge in [0, 0.05) is 12.2 Å². The zero-order chi connectivity index (χ0) is 23.6. The molecule has 1 amide bonds. The normalized spacial score (nSPS) is 10.9. The smallest absolute Gasteiger partial charge is 0.338 e. The van der Waals surface area contributed by atoms with Crippen LogP contribution in [0.15, 0.2) is 53.4 Å². The molecule has 0 aromatic heterocycles. The summed E-state index contributed by atoms with van der Waals surface area (Å²) in [4.78, 5) is 36.1. The van der Waals surface area contributed by atoms with Crippen LogP contribution in [-0.4, -0.2) is 46.0 Å². The molecule has 0 bridgehead atoms. The SMILES string of the molecule is CCCCOC(=O)c1ccc(NC(=O)COC(=O)c2cccc(S(=O)(=O)NCC)c2)cc1. The molecule has 0 atom stereocenters. The first-order valence-electron chi connectivity index (χ1n) is 10.1. The summed E-state index contributed by atoms with van der Waals surface area (Å²) in [6.07, 6.45) is 1.71. The number of carbonyl (C=O) groups is 3. The number of hydrogen-bond donors (Lipinski definition) is 2. The average molecular weight is 463 g/mol. The van der Waals surface area contributed by atoms with Gasteiger partial charge in [-0.2, -0.15) is 0 Å². The Hall–Kier alpha value is -3.24. The molecule has 32 heavy (non-hydrogen) atoms. The van der Waals surface area contributed by atoms with Gasteiger partial charge in [-0.1, -0.05) is 26.3 Å². The molecule has 9 nitrogen and oxygen atoms in total. The second-order valence-corrected chi connectivity index (χ2v) is 8.49. The van der Waals surface area contributed by atoms with Crippen molar-refractivity contribution in [3.8, 4) is 0 Å². The van der Waals surface area contributed by atoms with E-state index in [0.29, 0.717) is 17.9 Å². The molecule has 0 saturated carbocycles. The van der Waals surface area contributed by atoms with Crippen LogP contribution >= 0.6 is 0 Å². The van der Waals surface area contributed by atoms with Gasteiger partial charge in [0.15, 0.2) is 6.61 Å². The van der Waals surface area contributed by atoms with Crippen LogP contribution in [0.5, 0.6) is 0 Å². The summed E-state index contributed by atoms with van der Waals surface area (Å²) in [5.74, 6) is -1.87. The largest absolute Gasteiger partial charge is 0.462 e. The van der Waals surface area contributed by atoms with Gasteiger partial charge in [-0.3, -0.25) is 4.79 Å². The molecular formula is C22H26N2O7S. The fraction of sp³-hybridized carbons (Fsp3) is 0.318. The van der Waals surface area contributed by atoms with Crippen LogP contribution in [0.1, 0.15) is 47.4 Å². The molecule has 2 aromatic rings. The molecule has 0 aliphatic carbocycles. The van der Waals surface area contributed by atoms with Crippen LogP contribution in [-0.2, 0) is 24.3 Å². The summed E-state index contributed by atoms with van der Waals surface area (Å²) in [7, 11) is -3.72. The number of esters is 2. The third kappa shape index (κ3) is 7.47. The second kappa shape index (κ2) is 12.0. The van der Waals surface area contributed by atoms with Crippen LogP contribution in [0.3, 0.4) is 0 Å². The van der Waals surface area contributed by atoms with E-state index in [2.05, 4.69) is 10.0 Å². The van der Waals surface area contributed by atoms with Gasteiger partial charge < -0.3 is 14.8 Å². The highest BCUT2D eigenvalue weighted by Gasteiger charge is 2.17. The minimum atomic E-state index is -3.72. The van der Waals surface area contributed by atoms with Gasteiger partial charge in [-0.15, -0.1) is 0 Å². The molecule has 10 heteroatoms. The summed E-state index contributed by atoms with van der Waals surface area (Å²) < 4.78 is 36.5. The standard InChI is InChI=1S/C22H26N2O7S/c1-3-5-13-30-21(26)16-9-11-18(12-10-16)24-20(25)15-31-22(27)17-7-6-8-19(14-17)32(28,29)23-4-2/h6-12,14,23H,3-5,13,15H2,1-2H3,(H,24,25). The highest BCUT2D eigenvalue weighted by atomic mass is 32.2. The lowest BCUT2D eigenvalue weighted by Gasteiger charge is -2.09. The van der Waals surface area contributed by atoms with E-state index in [1.165, 1.54) is 48.5 Å². The third-order valence-corrected chi connectivity index (χ3v) is 5.73. The molecule has 0 saturated heterocycles. The first-order valence-corrected chi connectivity index (χ1v) is 11.6. The molecule has 0 heterocycles.